The molecular formula is C21H15N3O7S. The molecule has 1 aliphatic rings. The largest absolute Gasteiger partial charge is 0.463 e. The minimum Gasteiger partial charge on any atom is -0.463 e. The lowest BCUT2D eigenvalue weighted by Crippen LogP contribution is -2.27. The summed E-state index contributed by atoms with van der Waals surface area (Å²) in [6.07, 6.45) is 3.32. The maximum Gasteiger partial charge on any atom is 0.373 e. The third kappa shape index (κ3) is 4.05. The number of hydrogen-bond donors (Lipinski definition) is 0. The zero-order chi connectivity index (χ0) is 22.8. The van der Waals surface area contributed by atoms with E-state index in [-0.39, 0.29) is 28.7 Å². The molecule has 1 aromatic carbocycles. The van der Waals surface area contributed by atoms with Crippen molar-refractivity contribution < 1.29 is 28.5 Å². The van der Waals surface area contributed by atoms with Gasteiger partial charge in [-0.2, -0.15) is 0 Å². The van der Waals surface area contributed by atoms with Crippen LogP contribution in [0.15, 0.2) is 64.1 Å². The zero-order valence-electron chi connectivity index (χ0n) is 16.6. The number of nitrogens with zero attached hydrogens (tertiary/aromatic N) is 3. The molecule has 0 atom stereocenters. The van der Waals surface area contributed by atoms with Gasteiger partial charge in [-0.1, -0.05) is 0 Å². The molecule has 162 valence electrons. The number of rotatable bonds is 6. The van der Waals surface area contributed by atoms with Gasteiger partial charge in [0, 0.05) is 29.7 Å². The van der Waals surface area contributed by atoms with Gasteiger partial charge in [0.1, 0.15) is 5.76 Å². The van der Waals surface area contributed by atoms with Gasteiger partial charge >= 0.3 is 5.97 Å². The van der Waals surface area contributed by atoms with Crippen LogP contribution in [-0.2, 0) is 16.1 Å². The molecule has 11 heteroatoms. The maximum absolute atomic E-state index is 12.8. The van der Waals surface area contributed by atoms with E-state index in [0.717, 1.165) is 16.7 Å². The number of carbonyl (C=O) groups excluding carboxylic acids is 3. The molecule has 1 aliphatic heterocycles. The Morgan fingerprint density at radius 3 is 2.62 bits per heavy atom. The first kappa shape index (κ1) is 21.1. The monoisotopic (exact) mass is 453 g/mol. The van der Waals surface area contributed by atoms with Crippen molar-refractivity contribution in [2.24, 2.45) is 0 Å². The number of thioether (sulfide) groups is 1. The third-order valence-corrected chi connectivity index (χ3v) is 5.54. The predicted molar refractivity (Wildman–Crippen MR) is 114 cm³/mol. The van der Waals surface area contributed by atoms with Crippen LogP contribution in [0.4, 0.5) is 10.5 Å². The molecule has 3 heterocycles. The van der Waals surface area contributed by atoms with Crippen LogP contribution in [0.25, 0.3) is 11.8 Å². The van der Waals surface area contributed by atoms with E-state index in [1.165, 1.54) is 31.4 Å². The number of carbonyl (C=O) groups is 3. The second kappa shape index (κ2) is 8.55. The van der Waals surface area contributed by atoms with E-state index < -0.39 is 22.0 Å². The maximum atomic E-state index is 12.8. The molecule has 0 saturated carbocycles. The number of nitro groups is 1. The number of amides is 2. The van der Waals surface area contributed by atoms with E-state index >= 15 is 0 Å². The molecule has 0 unspecified atom stereocenters. The smallest absolute Gasteiger partial charge is 0.373 e. The fourth-order valence-electron chi connectivity index (χ4n) is 3.08. The molecule has 1 fully saturated rings. The Hall–Kier alpha value is -4.12. The van der Waals surface area contributed by atoms with E-state index in [4.69, 9.17) is 4.42 Å². The number of nitro benzene ring substituents is 1. The summed E-state index contributed by atoms with van der Waals surface area (Å²) in [5.41, 5.74) is 1.25. The lowest BCUT2D eigenvalue weighted by atomic mass is 10.2. The van der Waals surface area contributed by atoms with Crippen LogP contribution >= 0.6 is 11.8 Å². The highest BCUT2D eigenvalue weighted by Gasteiger charge is 2.36. The number of benzene rings is 1. The molecule has 3 aromatic rings. The van der Waals surface area contributed by atoms with E-state index in [1.54, 1.807) is 41.1 Å². The fourth-order valence-corrected chi connectivity index (χ4v) is 3.90. The first-order valence-corrected chi connectivity index (χ1v) is 10.0. The van der Waals surface area contributed by atoms with Crippen molar-refractivity contribution in [1.82, 2.24) is 9.47 Å². The van der Waals surface area contributed by atoms with Crippen molar-refractivity contribution in [3.8, 4) is 5.69 Å². The van der Waals surface area contributed by atoms with Gasteiger partial charge in [-0.05, 0) is 54.2 Å². The van der Waals surface area contributed by atoms with Gasteiger partial charge in [-0.3, -0.25) is 24.6 Å². The lowest BCUT2D eigenvalue weighted by molar-refractivity contribution is -0.384. The molecule has 0 radical (unpaired) electrons. The van der Waals surface area contributed by atoms with Crippen LogP contribution in [0, 0.1) is 10.1 Å². The Morgan fingerprint density at radius 2 is 1.94 bits per heavy atom. The van der Waals surface area contributed by atoms with E-state index in [0.29, 0.717) is 11.4 Å². The summed E-state index contributed by atoms with van der Waals surface area (Å²) < 4.78 is 11.7. The number of imide groups is 1. The van der Waals surface area contributed by atoms with Crippen molar-refractivity contribution >= 4 is 40.6 Å². The summed E-state index contributed by atoms with van der Waals surface area (Å²) in [5, 5.41) is 10.4. The number of hydrogen-bond acceptors (Lipinski definition) is 8. The Morgan fingerprint density at radius 1 is 1.19 bits per heavy atom. The molecule has 10 nitrogen and oxygen atoms in total. The highest BCUT2D eigenvalue weighted by Crippen LogP contribution is 2.34. The molecule has 4 rings (SSSR count). The topological polar surface area (TPSA) is 125 Å². The highest BCUT2D eigenvalue weighted by molar-refractivity contribution is 8.18. The van der Waals surface area contributed by atoms with Gasteiger partial charge in [0.15, 0.2) is 0 Å². The summed E-state index contributed by atoms with van der Waals surface area (Å²) >= 11 is 0.790. The first-order valence-electron chi connectivity index (χ1n) is 9.22. The molecule has 2 amide bonds. The van der Waals surface area contributed by atoms with E-state index in [9.17, 15) is 24.5 Å². The molecule has 0 aliphatic carbocycles. The second-order valence-electron chi connectivity index (χ2n) is 6.60. The summed E-state index contributed by atoms with van der Waals surface area (Å²) in [4.78, 5) is 48.3. The predicted octanol–water partition coefficient (Wildman–Crippen LogP) is 4.00. The molecule has 1 saturated heterocycles. The first-order chi connectivity index (χ1) is 15.4. The van der Waals surface area contributed by atoms with Gasteiger partial charge in [-0.25, -0.2) is 4.79 Å². The quantitative estimate of drug-likeness (QED) is 0.237. The van der Waals surface area contributed by atoms with Crippen molar-refractivity contribution in [3.63, 3.8) is 0 Å². The number of ether oxygens (including phenoxy) is 1. The van der Waals surface area contributed by atoms with Crippen LogP contribution in [0.3, 0.4) is 0 Å². The molecule has 0 N–H and O–H groups in total. The Bertz CT molecular complexity index is 1260. The Labute approximate surface area is 185 Å². The van der Waals surface area contributed by atoms with Gasteiger partial charge in [0.25, 0.3) is 16.8 Å². The van der Waals surface area contributed by atoms with Crippen LogP contribution in [0.2, 0.25) is 0 Å². The normalized spacial score (nSPS) is 14.9. The average Bonchev–Trinajstić information content (AvgIpc) is 3.50. The fraction of sp³-hybridized carbons (Fsp3) is 0.0952. The SMILES string of the molecule is COC(=O)c1ccc(CN2C(=O)S/C(=C/c3cccn3-c3ccc([N+](=O)[O-])cc3)C2=O)o1. The summed E-state index contributed by atoms with van der Waals surface area (Å²) in [6, 6.07) is 12.4. The van der Waals surface area contributed by atoms with E-state index in [1.807, 2.05) is 0 Å². The van der Waals surface area contributed by atoms with Gasteiger partial charge in [0.05, 0.1) is 23.5 Å². The van der Waals surface area contributed by atoms with Gasteiger partial charge in [-0.15, -0.1) is 0 Å². The summed E-state index contributed by atoms with van der Waals surface area (Å²) in [7, 11) is 1.22. The highest BCUT2D eigenvalue weighted by atomic mass is 32.2. The Balaban J connectivity index is 1.55. The van der Waals surface area contributed by atoms with Crippen molar-refractivity contribution in [2.45, 2.75) is 6.54 Å². The molecule has 32 heavy (non-hydrogen) atoms. The van der Waals surface area contributed by atoms with Crippen LogP contribution in [0.5, 0.6) is 0 Å². The van der Waals surface area contributed by atoms with Gasteiger partial charge < -0.3 is 13.7 Å². The van der Waals surface area contributed by atoms with E-state index in [2.05, 4.69) is 4.74 Å². The van der Waals surface area contributed by atoms with Crippen molar-refractivity contribution in [3.05, 3.63) is 87.0 Å². The summed E-state index contributed by atoms with van der Waals surface area (Å²) in [5.74, 6) is -0.904. The number of esters is 1. The molecule has 2 aromatic heterocycles. The minimum atomic E-state index is -0.655. The van der Waals surface area contributed by atoms with Crippen LogP contribution in [-0.4, -0.2) is 38.6 Å². The Kier molecular flexibility index (Phi) is 5.65. The van der Waals surface area contributed by atoms with Crippen LogP contribution < -0.4 is 0 Å². The number of aromatic nitrogens is 1. The number of non-ortho nitro benzene ring substituents is 1. The summed E-state index contributed by atoms with van der Waals surface area (Å²) in [6.45, 7) is -0.123. The standard InChI is InChI=1S/C21H15N3O7S/c1-30-20(26)17-9-8-16(31-17)12-23-19(25)18(32-21(23)27)11-15-3-2-10-22(15)13-4-6-14(7-5-13)24(28)29/h2-11H,12H2,1H3/b18-11+. The molecular weight excluding hydrogens is 438 g/mol. The average molecular weight is 453 g/mol. The number of furan rings is 1. The van der Waals surface area contributed by atoms with Crippen molar-refractivity contribution in [2.75, 3.05) is 7.11 Å². The van der Waals surface area contributed by atoms with Gasteiger partial charge in [0.2, 0.25) is 5.76 Å². The zero-order valence-corrected chi connectivity index (χ0v) is 17.4. The number of methoxy groups -OCH3 is 1. The minimum absolute atomic E-state index is 0.0223. The molecule has 0 bridgehead atoms. The third-order valence-electron chi connectivity index (χ3n) is 4.63. The second-order valence-corrected chi connectivity index (χ2v) is 7.60. The molecule has 0 spiro atoms. The van der Waals surface area contributed by atoms with Crippen LogP contribution in [0.1, 0.15) is 22.0 Å². The van der Waals surface area contributed by atoms with Crippen molar-refractivity contribution in [1.29, 1.82) is 0 Å². The lowest BCUT2D eigenvalue weighted by Gasteiger charge is -2.10.